The standard InChI is InChI=1S/C15H15FO2/c1-10-7-8-11(13(16)9-10)15(17)12-5-3-4-6-14(12)18-2/h3-9,15,17H,1-2H3. The zero-order chi connectivity index (χ0) is 13.1. The maximum Gasteiger partial charge on any atom is 0.129 e. The van der Waals surface area contributed by atoms with Crippen LogP contribution < -0.4 is 4.74 Å². The summed E-state index contributed by atoms with van der Waals surface area (Å²) < 4.78 is 19.0. The molecule has 0 aromatic heterocycles. The molecule has 2 aromatic rings. The summed E-state index contributed by atoms with van der Waals surface area (Å²) in [4.78, 5) is 0. The van der Waals surface area contributed by atoms with E-state index in [1.54, 1.807) is 36.4 Å². The number of rotatable bonds is 3. The molecule has 1 unspecified atom stereocenters. The van der Waals surface area contributed by atoms with E-state index in [1.807, 2.05) is 6.92 Å². The molecular formula is C15H15FO2. The second-order valence-electron chi connectivity index (χ2n) is 4.17. The molecule has 0 saturated carbocycles. The van der Waals surface area contributed by atoms with Crippen molar-refractivity contribution in [2.24, 2.45) is 0 Å². The summed E-state index contributed by atoms with van der Waals surface area (Å²) in [7, 11) is 1.52. The van der Waals surface area contributed by atoms with Gasteiger partial charge in [0, 0.05) is 11.1 Å². The van der Waals surface area contributed by atoms with Crippen molar-refractivity contribution in [3.8, 4) is 5.75 Å². The lowest BCUT2D eigenvalue weighted by Gasteiger charge is -2.15. The van der Waals surface area contributed by atoms with Crippen LogP contribution in [0.25, 0.3) is 0 Å². The van der Waals surface area contributed by atoms with Gasteiger partial charge in [-0.3, -0.25) is 0 Å². The SMILES string of the molecule is COc1ccccc1C(O)c1ccc(C)cc1F. The van der Waals surface area contributed by atoms with Crippen LogP contribution in [0.15, 0.2) is 42.5 Å². The minimum absolute atomic E-state index is 0.255. The zero-order valence-electron chi connectivity index (χ0n) is 10.4. The summed E-state index contributed by atoms with van der Waals surface area (Å²) >= 11 is 0. The average molecular weight is 246 g/mol. The Morgan fingerprint density at radius 3 is 2.50 bits per heavy atom. The van der Waals surface area contributed by atoms with Gasteiger partial charge in [0.15, 0.2) is 0 Å². The molecule has 18 heavy (non-hydrogen) atoms. The summed E-state index contributed by atoms with van der Waals surface area (Å²) in [6.45, 7) is 1.81. The highest BCUT2D eigenvalue weighted by molar-refractivity contribution is 5.41. The number of methoxy groups -OCH3 is 1. The summed E-state index contributed by atoms with van der Waals surface area (Å²) in [5.74, 6) is 0.137. The predicted molar refractivity (Wildman–Crippen MR) is 68.2 cm³/mol. The van der Waals surface area contributed by atoms with E-state index in [9.17, 15) is 9.50 Å². The number of hydrogen-bond donors (Lipinski definition) is 1. The minimum atomic E-state index is -1.03. The molecule has 2 aromatic carbocycles. The second kappa shape index (κ2) is 5.19. The van der Waals surface area contributed by atoms with E-state index in [-0.39, 0.29) is 5.56 Å². The fourth-order valence-corrected chi connectivity index (χ4v) is 1.91. The number of ether oxygens (including phenoxy) is 1. The largest absolute Gasteiger partial charge is 0.496 e. The highest BCUT2D eigenvalue weighted by Crippen LogP contribution is 2.31. The molecule has 3 heteroatoms. The molecule has 2 rings (SSSR count). The third-order valence-electron chi connectivity index (χ3n) is 2.88. The van der Waals surface area contributed by atoms with Crippen molar-refractivity contribution in [1.82, 2.24) is 0 Å². The first-order valence-corrected chi connectivity index (χ1v) is 5.70. The molecule has 0 aliphatic heterocycles. The van der Waals surface area contributed by atoms with Crippen molar-refractivity contribution in [1.29, 1.82) is 0 Å². The zero-order valence-corrected chi connectivity index (χ0v) is 10.4. The van der Waals surface area contributed by atoms with Crippen molar-refractivity contribution in [3.63, 3.8) is 0 Å². The lowest BCUT2D eigenvalue weighted by molar-refractivity contribution is 0.209. The molecule has 0 amide bonds. The normalized spacial score (nSPS) is 12.2. The van der Waals surface area contributed by atoms with Crippen LogP contribution in [0, 0.1) is 12.7 Å². The number of benzene rings is 2. The van der Waals surface area contributed by atoms with E-state index >= 15 is 0 Å². The van der Waals surface area contributed by atoms with Crippen LogP contribution in [-0.2, 0) is 0 Å². The Hall–Kier alpha value is -1.87. The van der Waals surface area contributed by atoms with Crippen LogP contribution in [0.4, 0.5) is 4.39 Å². The Labute approximate surface area is 106 Å². The van der Waals surface area contributed by atoms with Gasteiger partial charge in [0.25, 0.3) is 0 Å². The molecule has 0 radical (unpaired) electrons. The fraction of sp³-hybridized carbons (Fsp3) is 0.200. The van der Waals surface area contributed by atoms with E-state index in [4.69, 9.17) is 4.74 Å². The Bertz CT molecular complexity index is 552. The molecule has 0 aliphatic rings. The maximum absolute atomic E-state index is 13.8. The van der Waals surface area contributed by atoms with Gasteiger partial charge in [0.1, 0.15) is 17.7 Å². The monoisotopic (exact) mass is 246 g/mol. The van der Waals surface area contributed by atoms with Gasteiger partial charge in [0.05, 0.1) is 7.11 Å². The van der Waals surface area contributed by atoms with Gasteiger partial charge in [-0.15, -0.1) is 0 Å². The van der Waals surface area contributed by atoms with Crippen LogP contribution in [0.3, 0.4) is 0 Å². The molecule has 2 nitrogen and oxygen atoms in total. The molecule has 0 saturated heterocycles. The molecule has 0 heterocycles. The first-order chi connectivity index (χ1) is 8.63. The Morgan fingerprint density at radius 2 is 1.83 bits per heavy atom. The van der Waals surface area contributed by atoms with Crippen LogP contribution in [0.5, 0.6) is 5.75 Å². The summed E-state index contributed by atoms with van der Waals surface area (Å²) in [5, 5.41) is 10.3. The van der Waals surface area contributed by atoms with Crippen molar-refractivity contribution in [3.05, 3.63) is 65.0 Å². The minimum Gasteiger partial charge on any atom is -0.496 e. The van der Waals surface area contributed by atoms with Gasteiger partial charge in [-0.05, 0) is 24.6 Å². The molecule has 1 N–H and O–H groups in total. The van der Waals surface area contributed by atoms with Gasteiger partial charge in [-0.1, -0.05) is 30.3 Å². The van der Waals surface area contributed by atoms with Crippen molar-refractivity contribution in [2.75, 3.05) is 7.11 Å². The molecule has 0 spiro atoms. The van der Waals surface area contributed by atoms with E-state index in [0.717, 1.165) is 5.56 Å². The first kappa shape index (κ1) is 12.6. The van der Waals surface area contributed by atoms with Crippen LogP contribution in [0.2, 0.25) is 0 Å². The Balaban J connectivity index is 2.44. The number of aliphatic hydroxyl groups excluding tert-OH is 1. The number of para-hydroxylation sites is 1. The fourth-order valence-electron chi connectivity index (χ4n) is 1.91. The second-order valence-corrected chi connectivity index (χ2v) is 4.17. The van der Waals surface area contributed by atoms with Gasteiger partial charge in [-0.25, -0.2) is 4.39 Å². The molecular weight excluding hydrogens is 231 g/mol. The summed E-state index contributed by atoms with van der Waals surface area (Å²) in [5.41, 5.74) is 1.64. The van der Waals surface area contributed by atoms with Crippen LogP contribution in [-0.4, -0.2) is 12.2 Å². The number of aryl methyl sites for hydroxylation is 1. The van der Waals surface area contributed by atoms with E-state index in [2.05, 4.69) is 0 Å². The lowest BCUT2D eigenvalue weighted by atomic mass is 9.99. The van der Waals surface area contributed by atoms with E-state index in [1.165, 1.54) is 13.2 Å². The van der Waals surface area contributed by atoms with Crippen molar-refractivity contribution >= 4 is 0 Å². The topological polar surface area (TPSA) is 29.5 Å². The highest BCUT2D eigenvalue weighted by Gasteiger charge is 2.18. The van der Waals surface area contributed by atoms with Crippen LogP contribution >= 0.6 is 0 Å². The molecule has 0 aliphatic carbocycles. The third kappa shape index (κ3) is 2.36. The predicted octanol–water partition coefficient (Wildman–Crippen LogP) is 3.22. The maximum atomic E-state index is 13.8. The Morgan fingerprint density at radius 1 is 1.11 bits per heavy atom. The van der Waals surface area contributed by atoms with Gasteiger partial charge >= 0.3 is 0 Å². The van der Waals surface area contributed by atoms with E-state index < -0.39 is 11.9 Å². The highest BCUT2D eigenvalue weighted by atomic mass is 19.1. The van der Waals surface area contributed by atoms with Crippen molar-refractivity contribution in [2.45, 2.75) is 13.0 Å². The molecule has 94 valence electrons. The molecule has 0 bridgehead atoms. The molecule has 0 fully saturated rings. The number of halogens is 1. The smallest absolute Gasteiger partial charge is 0.129 e. The van der Waals surface area contributed by atoms with Gasteiger partial charge in [-0.2, -0.15) is 0 Å². The average Bonchev–Trinajstić information content (AvgIpc) is 2.38. The van der Waals surface area contributed by atoms with Crippen molar-refractivity contribution < 1.29 is 14.2 Å². The third-order valence-corrected chi connectivity index (χ3v) is 2.88. The number of hydrogen-bond acceptors (Lipinski definition) is 2. The van der Waals surface area contributed by atoms with Gasteiger partial charge in [0.2, 0.25) is 0 Å². The van der Waals surface area contributed by atoms with Crippen LogP contribution in [0.1, 0.15) is 22.8 Å². The summed E-state index contributed by atoms with van der Waals surface area (Å²) in [6, 6.07) is 11.8. The Kier molecular flexibility index (Phi) is 3.63. The van der Waals surface area contributed by atoms with Gasteiger partial charge < -0.3 is 9.84 Å². The first-order valence-electron chi connectivity index (χ1n) is 5.70. The number of aliphatic hydroxyl groups is 1. The lowest BCUT2D eigenvalue weighted by Crippen LogP contribution is -2.04. The molecule has 1 atom stereocenters. The summed E-state index contributed by atoms with van der Waals surface area (Å²) in [6.07, 6.45) is -1.03. The van der Waals surface area contributed by atoms with E-state index in [0.29, 0.717) is 11.3 Å². The quantitative estimate of drug-likeness (QED) is 0.901.